The number of hydrogen-bond acceptors (Lipinski definition) is 9. The lowest BCUT2D eigenvalue weighted by atomic mass is 10.2. The predicted molar refractivity (Wildman–Crippen MR) is 156 cm³/mol. The van der Waals surface area contributed by atoms with Crippen LogP contribution in [0.25, 0.3) is 11.3 Å². The molecule has 1 aromatic heterocycles. The lowest BCUT2D eigenvalue weighted by molar-refractivity contribution is -0.121. The van der Waals surface area contributed by atoms with Crippen molar-refractivity contribution in [3.8, 4) is 11.3 Å². The van der Waals surface area contributed by atoms with Crippen LogP contribution in [0.15, 0.2) is 83.1 Å². The first-order chi connectivity index (χ1) is 19.3. The van der Waals surface area contributed by atoms with Crippen LogP contribution in [-0.4, -0.2) is 40.5 Å². The minimum atomic E-state index is -0.725. The molecule has 0 spiro atoms. The van der Waals surface area contributed by atoms with Crippen LogP contribution in [0.4, 0.5) is 16.5 Å². The van der Waals surface area contributed by atoms with Gasteiger partial charge in [0, 0.05) is 33.0 Å². The second-order valence-corrected chi connectivity index (χ2v) is 11.2. The molecule has 1 unspecified atom stereocenters. The molecule has 1 fully saturated rings. The molecule has 3 amide bonds. The van der Waals surface area contributed by atoms with Crippen LogP contribution in [0.1, 0.15) is 16.8 Å². The summed E-state index contributed by atoms with van der Waals surface area (Å²) >= 11 is 8.43. The average molecular weight is 593 g/mol. The zero-order chi connectivity index (χ0) is 28.2. The summed E-state index contributed by atoms with van der Waals surface area (Å²) in [7, 11) is 0. The second-order valence-electron chi connectivity index (χ2n) is 8.67. The zero-order valence-electron chi connectivity index (χ0n) is 20.7. The number of ether oxygens (including phenoxy) is 1. The molecule has 0 saturated carbocycles. The molecular weight excluding hydrogens is 572 g/mol. The third-order valence-electron chi connectivity index (χ3n) is 5.83. The Kier molecular flexibility index (Phi) is 8.15. The number of carbonyl (C=O) groups is 4. The number of nitrogens with two attached hydrogens (primary N) is 1. The summed E-state index contributed by atoms with van der Waals surface area (Å²) in [6.07, 6.45) is 0.0531. The van der Waals surface area contributed by atoms with Gasteiger partial charge in [-0.25, -0.2) is 14.7 Å². The van der Waals surface area contributed by atoms with Gasteiger partial charge in [0.2, 0.25) is 11.8 Å². The number of imide groups is 1. The van der Waals surface area contributed by atoms with Gasteiger partial charge in [0.15, 0.2) is 11.7 Å². The zero-order valence-corrected chi connectivity index (χ0v) is 23.1. The number of nitrogens with zero attached hydrogens (tertiary/aromatic N) is 2. The fraction of sp³-hybridized carbons (Fsp3) is 0.107. The van der Waals surface area contributed by atoms with Crippen LogP contribution in [0.5, 0.6) is 0 Å². The van der Waals surface area contributed by atoms with E-state index in [0.29, 0.717) is 27.2 Å². The van der Waals surface area contributed by atoms with E-state index in [9.17, 15) is 19.2 Å². The maximum atomic E-state index is 13.0. The van der Waals surface area contributed by atoms with Crippen LogP contribution in [0.3, 0.4) is 0 Å². The van der Waals surface area contributed by atoms with Gasteiger partial charge in [-0.3, -0.25) is 19.7 Å². The highest BCUT2D eigenvalue weighted by atomic mass is 35.5. The number of aromatic nitrogens is 1. The number of thioether (sulfide) groups is 1. The minimum Gasteiger partial charge on any atom is -0.452 e. The number of nitrogen functional groups attached to an aromatic ring is 1. The number of amides is 3. The highest BCUT2D eigenvalue weighted by molar-refractivity contribution is 8.00. The van der Waals surface area contributed by atoms with E-state index in [4.69, 9.17) is 22.1 Å². The van der Waals surface area contributed by atoms with Gasteiger partial charge in [-0.15, -0.1) is 23.1 Å². The Morgan fingerprint density at radius 1 is 1.10 bits per heavy atom. The molecular formula is C28H21ClN4O5S2. The SMILES string of the molecule is Nc1cccc(SC2CC(=O)N(c3ccc(C(=O)OCC(=O)Nc4nc(-c5ccc(Cl)cc5)cs4)cc3)C2=O)c1. The maximum absolute atomic E-state index is 13.0. The lowest BCUT2D eigenvalue weighted by Gasteiger charge is -2.15. The molecule has 202 valence electrons. The molecule has 1 aliphatic heterocycles. The number of hydrogen-bond donors (Lipinski definition) is 2. The number of nitrogens with one attached hydrogen (secondary N) is 1. The topological polar surface area (TPSA) is 132 Å². The quantitative estimate of drug-likeness (QED) is 0.161. The van der Waals surface area contributed by atoms with Crippen LogP contribution >= 0.6 is 34.7 Å². The molecule has 0 radical (unpaired) electrons. The summed E-state index contributed by atoms with van der Waals surface area (Å²) in [5.74, 6) is -1.94. The molecule has 0 aliphatic carbocycles. The van der Waals surface area contributed by atoms with Crippen LogP contribution in [0.2, 0.25) is 5.02 Å². The fourth-order valence-corrected chi connectivity index (χ4v) is 5.90. The van der Waals surface area contributed by atoms with Gasteiger partial charge in [-0.1, -0.05) is 29.8 Å². The predicted octanol–water partition coefficient (Wildman–Crippen LogP) is 5.27. The van der Waals surface area contributed by atoms with Crippen molar-refractivity contribution < 1.29 is 23.9 Å². The molecule has 3 aromatic carbocycles. The van der Waals surface area contributed by atoms with E-state index < -0.39 is 23.7 Å². The highest BCUT2D eigenvalue weighted by Crippen LogP contribution is 2.34. The smallest absolute Gasteiger partial charge is 0.338 e. The third-order valence-corrected chi connectivity index (χ3v) is 8.02. The Balaban J connectivity index is 1.14. The van der Waals surface area contributed by atoms with Crippen molar-refractivity contribution in [1.29, 1.82) is 0 Å². The summed E-state index contributed by atoms with van der Waals surface area (Å²) in [5.41, 5.74) is 8.43. The Bertz CT molecular complexity index is 1590. The van der Waals surface area contributed by atoms with Gasteiger partial charge >= 0.3 is 5.97 Å². The lowest BCUT2D eigenvalue weighted by Crippen LogP contribution is -2.31. The number of esters is 1. The molecule has 12 heteroatoms. The molecule has 3 N–H and O–H groups in total. The van der Waals surface area contributed by atoms with Crippen molar-refractivity contribution in [2.24, 2.45) is 0 Å². The molecule has 9 nitrogen and oxygen atoms in total. The van der Waals surface area contributed by atoms with Gasteiger partial charge in [0.1, 0.15) is 0 Å². The average Bonchev–Trinajstić information content (AvgIpc) is 3.51. The molecule has 1 atom stereocenters. The Labute approximate surface area is 242 Å². The summed E-state index contributed by atoms with van der Waals surface area (Å²) in [4.78, 5) is 56.6. The van der Waals surface area contributed by atoms with Gasteiger partial charge in [-0.05, 0) is 54.6 Å². The Morgan fingerprint density at radius 2 is 1.85 bits per heavy atom. The van der Waals surface area contributed by atoms with Crippen molar-refractivity contribution in [2.75, 3.05) is 22.6 Å². The first-order valence-corrected chi connectivity index (χ1v) is 14.1. The highest BCUT2D eigenvalue weighted by Gasteiger charge is 2.40. The van der Waals surface area contributed by atoms with Gasteiger partial charge in [0.05, 0.1) is 22.2 Å². The molecule has 5 rings (SSSR count). The third kappa shape index (κ3) is 6.33. The Morgan fingerprint density at radius 3 is 2.58 bits per heavy atom. The standard InChI is InChI=1S/C28H21ClN4O5S2/c29-18-8-4-16(5-9-18)22-15-39-28(31-22)32-24(34)14-38-27(37)17-6-10-20(11-7-17)33-25(35)13-23(26(33)36)40-21-3-1-2-19(30)12-21/h1-12,15,23H,13-14,30H2,(H,31,32,34). The molecule has 0 bridgehead atoms. The van der Waals surface area contributed by atoms with Crippen LogP contribution in [0, 0.1) is 0 Å². The van der Waals surface area contributed by atoms with Crippen LogP contribution < -0.4 is 16.0 Å². The number of halogens is 1. The van der Waals surface area contributed by atoms with Crippen LogP contribution in [-0.2, 0) is 19.1 Å². The Hall–Kier alpha value is -4.19. The van der Waals surface area contributed by atoms with E-state index in [1.54, 1.807) is 35.7 Å². The number of rotatable bonds is 8. The van der Waals surface area contributed by atoms with E-state index in [1.165, 1.54) is 47.4 Å². The molecule has 1 saturated heterocycles. The molecule has 2 heterocycles. The first kappa shape index (κ1) is 27.4. The summed E-state index contributed by atoms with van der Waals surface area (Å²) in [6.45, 7) is -0.511. The summed E-state index contributed by atoms with van der Waals surface area (Å²) < 4.78 is 5.12. The second kappa shape index (κ2) is 11.9. The van der Waals surface area contributed by atoms with E-state index in [2.05, 4.69) is 10.3 Å². The normalized spacial score (nSPS) is 14.8. The molecule has 4 aromatic rings. The largest absolute Gasteiger partial charge is 0.452 e. The summed E-state index contributed by atoms with van der Waals surface area (Å²) in [5, 5.41) is 4.80. The minimum absolute atomic E-state index is 0.0531. The van der Waals surface area contributed by atoms with Crippen molar-refractivity contribution in [2.45, 2.75) is 16.6 Å². The maximum Gasteiger partial charge on any atom is 0.338 e. The van der Waals surface area contributed by atoms with E-state index >= 15 is 0 Å². The van der Waals surface area contributed by atoms with E-state index in [1.807, 2.05) is 18.2 Å². The molecule has 1 aliphatic rings. The van der Waals surface area contributed by atoms with Crippen molar-refractivity contribution in [1.82, 2.24) is 4.98 Å². The number of benzene rings is 3. The van der Waals surface area contributed by atoms with Crippen molar-refractivity contribution in [3.05, 3.63) is 88.8 Å². The van der Waals surface area contributed by atoms with Gasteiger partial charge in [-0.2, -0.15) is 0 Å². The van der Waals surface area contributed by atoms with E-state index in [-0.39, 0.29) is 23.8 Å². The van der Waals surface area contributed by atoms with Gasteiger partial charge in [0.25, 0.3) is 5.91 Å². The van der Waals surface area contributed by atoms with E-state index in [0.717, 1.165) is 15.4 Å². The monoisotopic (exact) mass is 592 g/mol. The van der Waals surface area contributed by atoms with Gasteiger partial charge < -0.3 is 10.5 Å². The number of anilines is 3. The van der Waals surface area contributed by atoms with Crippen molar-refractivity contribution in [3.63, 3.8) is 0 Å². The number of carbonyl (C=O) groups excluding carboxylic acids is 4. The summed E-state index contributed by atoms with van der Waals surface area (Å²) in [6, 6.07) is 20.1. The van der Waals surface area contributed by atoms with Crippen molar-refractivity contribution >= 4 is 74.9 Å². The number of thiazole rings is 1. The fourth-order valence-electron chi connectivity index (χ4n) is 3.92. The first-order valence-electron chi connectivity index (χ1n) is 11.9. The molecule has 40 heavy (non-hydrogen) atoms.